The van der Waals surface area contributed by atoms with Gasteiger partial charge in [0.05, 0.1) is 13.7 Å². The summed E-state index contributed by atoms with van der Waals surface area (Å²) in [5, 5.41) is 0. The average molecular weight is 251 g/mol. The van der Waals surface area contributed by atoms with Gasteiger partial charge in [0.2, 0.25) is 0 Å². The van der Waals surface area contributed by atoms with Crippen LogP contribution in [0.3, 0.4) is 0 Å². The van der Waals surface area contributed by atoms with Crippen molar-refractivity contribution in [3.8, 4) is 0 Å². The van der Waals surface area contributed by atoms with Crippen LogP contribution in [-0.4, -0.2) is 25.7 Å². The predicted molar refractivity (Wildman–Crippen MR) is 69.9 cm³/mol. The fourth-order valence-corrected chi connectivity index (χ4v) is 1.60. The Labute approximate surface area is 108 Å². The van der Waals surface area contributed by atoms with Crippen molar-refractivity contribution in [3.63, 3.8) is 0 Å². The van der Waals surface area contributed by atoms with Crippen LogP contribution in [0, 0.1) is 0 Å². The van der Waals surface area contributed by atoms with Crippen LogP contribution in [0.2, 0.25) is 0 Å². The quantitative estimate of drug-likeness (QED) is 0.566. The normalized spacial score (nSPS) is 12.1. The molecule has 0 aromatic heterocycles. The van der Waals surface area contributed by atoms with Gasteiger partial charge in [-0.3, -0.25) is 4.79 Å². The molecule has 0 saturated carbocycles. The molecular formula is C14H21NO3. The third-order valence-corrected chi connectivity index (χ3v) is 2.67. The van der Waals surface area contributed by atoms with Crippen molar-refractivity contribution in [2.45, 2.75) is 31.9 Å². The van der Waals surface area contributed by atoms with E-state index >= 15 is 0 Å². The van der Waals surface area contributed by atoms with E-state index in [-0.39, 0.29) is 5.97 Å². The zero-order valence-corrected chi connectivity index (χ0v) is 10.8. The van der Waals surface area contributed by atoms with Gasteiger partial charge >= 0.3 is 5.97 Å². The summed E-state index contributed by atoms with van der Waals surface area (Å²) in [5.41, 5.74) is 6.79. The highest BCUT2D eigenvalue weighted by atomic mass is 16.5. The number of carbonyl (C=O) groups excluding carboxylic acids is 1. The van der Waals surface area contributed by atoms with Crippen LogP contribution in [0.15, 0.2) is 30.3 Å². The molecule has 18 heavy (non-hydrogen) atoms. The lowest BCUT2D eigenvalue weighted by atomic mass is 10.1. The first-order valence-corrected chi connectivity index (χ1v) is 6.19. The molecule has 0 bridgehead atoms. The van der Waals surface area contributed by atoms with Gasteiger partial charge in [0.15, 0.2) is 0 Å². The van der Waals surface area contributed by atoms with E-state index in [9.17, 15) is 4.79 Å². The van der Waals surface area contributed by atoms with E-state index in [0.717, 1.165) is 12.8 Å². The summed E-state index contributed by atoms with van der Waals surface area (Å²) >= 11 is 0. The smallest absolute Gasteiger partial charge is 0.322 e. The van der Waals surface area contributed by atoms with E-state index in [1.165, 1.54) is 12.7 Å². The second kappa shape index (κ2) is 8.66. The van der Waals surface area contributed by atoms with Crippen LogP contribution in [0.1, 0.15) is 24.8 Å². The molecule has 0 amide bonds. The SMILES string of the molecule is COC(=O)[C@H](N)CCCCOCc1ccccc1. The first-order chi connectivity index (χ1) is 8.74. The van der Waals surface area contributed by atoms with E-state index in [1.54, 1.807) is 0 Å². The van der Waals surface area contributed by atoms with Gasteiger partial charge in [-0.15, -0.1) is 0 Å². The molecule has 0 aliphatic heterocycles. The monoisotopic (exact) mass is 251 g/mol. The van der Waals surface area contributed by atoms with Crippen molar-refractivity contribution in [2.24, 2.45) is 5.73 Å². The lowest BCUT2D eigenvalue weighted by molar-refractivity contribution is -0.142. The molecule has 0 fully saturated rings. The van der Waals surface area contributed by atoms with Gasteiger partial charge in [0, 0.05) is 6.61 Å². The average Bonchev–Trinajstić information content (AvgIpc) is 2.42. The maximum absolute atomic E-state index is 11.0. The number of rotatable bonds is 8. The minimum Gasteiger partial charge on any atom is -0.468 e. The highest BCUT2D eigenvalue weighted by molar-refractivity contribution is 5.75. The number of hydrogen-bond donors (Lipinski definition) is 1. The number of nitrogens with two attached hydrogens (primary N) is 1. The standard InChI is InChI=1S/C14H21NO3/c1-17-14(16)13(15)9-5-6-10-18-11-12-7-3-2-4-8-12/h2-4,7-8,13H,5-6,9-11,15H2,1H3/t13-/m1/s1. The Balaban J connectivity index is 2.01. The van der Waals surface area contributed by atoms with Gasteiger partial charge < -0.3 is 15.2 Å². The van der Waals surface area contributed by atoms with Gasteiger partial charge in [-0.2, -0.15) is 0 Å². The zero-order chi connectivity index (χ0) is 13.2. The van der Waals surface area contributed by atoms with Gasteiger partial charge in [0.1, 0.15) is 6.04 Å². The Kier molecular flexibility index (Phi) is 7.06. The number of carbonyl (C=O) groups is 1. The largest absolute Gasteiger partial charge is 0.468 e. The molecule has 1 rings (SSSR count). The predicted octanol–water partition coefficient (Wildman–Crippen LogP) is 1.87. The third-order valence-electron chi connectivity index (χ3n) is 2.67. The van der Waals surface area contributed by atoms with Crippen molar-refractivity contribution in [2.75, 3.05) is 13.7 Å². The molecule has 2 N–H and O–H groups in total. The van der Waals surface area contributed by atoms with Crippen LogP contribution in [0.25, 0.3) is 0 Å². The first kappa shape index (κ1) is 14.7. The fraction of sp³-hybridized carbons (Fsp3) is 0.500. The number of ether oxygens (including phenoxy) is 2. The Morgan fingerprint density at radius 1 is 1.28 bits per heavy atom. The van der Waals surface area contributed by atoms with Crippen LogP contribution < -0.4 is 5.73 Å². The summed E-state index contributed by atoms with van der Waals surface area (Å²) in [7, 11) is 1.35. The second-order valence-electron chi connectivity index (χ2n) is 4.16. The van der Waals surface area contributed by atoms with Crippen LogP contribution >= 0.6 is 0 Å². The van der Waals surface area contributed by atoms with E-state index in [0.29, 0.717) is 19.6 Å². The van der Waals surface area contributed by atoms with Gasteiger partial charge in [-0.05, 0) is 24.8 Å². The maximum atomic E-state index is 11.0. The zero-order valence-electron chi connectivity index (χ0n) is 10.8. The summed E-state index contributed by atoms with van der Waals surface area (Å²) < 4.78 is 10.1. The Morgan fingerprint density at radius 3 is 2.67 bits per heavy atom. The summed E-state index contributed by atoms with van der Waals surface area (Å²) in [6.07, 6.45) is 2.41. The number of benzene rings is 1. The van der Waals surface area contributed by atoms with Crippen molar-refractivity contribution in [3.05, 3.63) is 35.9 Å². The summed E-state index contributed by atoms with van der Waals surface area (Å²) in [4.78, 5) is 11.0. The molecule has 1 aromatic rings. The molecule has 100 valence electrons. The molecule has 0 spiro atoms. The van der Waals surface area contributed by atoms with Crippen LogP contribution in [-0.2, 0) is 20.9 Å². The van der Waals surface area contributed by atoms with Crippen molar-refractivity contribution in [1.29, 1.82) is 0 Å². The first-order valence-electron chi connectivity index (χ1n) is 6.19. The fourth-order valence-electron chi connectivity index (χ4n) is 1.60. The van der Waals surface area contributed by atoms with E-state index in [2.05, 4.69) is 4.74 Å². The summed E-state index contributed by atoms with van der Waals surface area (Å²) in [6.45, 7) is 1.31. The minimum absolute atomic E-state index is 0.347. The third kappa shape index (κ3) is 5.80. The molecule has 4 nitrogen and oxygen atoms in total. The number of methoxy groups -OCH3 is 1. The van der Waals surface area contributed by atoms with Gasteiger partial charge in [-0.25, -0.2) is 0 Å². The Bertz CT molecular complexity index is 340. The lowest BCUT2D eigenvalue weighted by Crippen LogP contribution is -2.31. The molecular weight excluding hydrogens is 230 g/mol. The van der Waals surface area contributed by atoms with Crippen molar-refractivity contribution in [1.82, 2.24) is 0 Å². The molecule has 4 heteroatoms. The highest BCUT2D eigenvalue weighted by Gasteiger charge is 2.12. The lowest BCUT2D eigenvalue weighted by Gasteiger charge is -2.09. The van der Waals surface area contributed by atoms with Gasteiger partial charge in [-0.1, -0.05) is 30.3 Å². The van der Waals surface area contributed by atoms with Crippen LogP contribution in [0.4, 0.5) is 0 Å². The molecule has 1 atom stereocenters. The van der Waals surface area contributed by atoms with E-state index in [4.69, 9.17) is 10.5 Å². The number of esters is 1. The molecule has 0 aliphatic carbocycles. The summed E-state index contributed by atoms with van der Waals surface area (Å²) in [5.74, 6) is -0.347. The molecule has 0 saturated heterocycles. The second-order valence-corrected chi connectivity index (χ2v) is 4.16. The topological polar surface area (TPSA) is 61.5 Å². The summed E-state index contributed by atoms with van der Waals surface area (Å²) in [6, 6.07) is 9.53. The van der Waals surface area contributed by atoms with Gasteiger partial charge in [0.25, 0.3) is 0 Å². The molecule has 0 unspecified atom stereocenters. The Hall–Kier alpha value is -1.39. The maximum Gasteiger partial charge on any atom is 0.322 e. The number of hydrogen-bond acceptors (Lipinski definition) is 4. The van der Waals surface area contributed by atoms with Crippen molar-refractivity contribution >= 4 is 5.97 Å². The van der Waals surface area contributed by atoms with E-state index < -0.39 is 6.04 Å². The highest BCUT2D eigenvalue weighted by Crippen LogP contribution is 2.04. The molecule has 0 aliphatic rings. The van der Waals surface area contributed by atoms with E-state index in [1.807, 2.05) is 30.3 Å². The molecule has 1 aromatic carbocycles. The van der Waals surface area contributed by atoms with Crippen molar-refractivity contribution < 1.29 is 14.3 Å². The number of unbranched alkanes of at least 4 members (excludes halogenated alkanes) is 1. The molecule has 0 heterocycles. The van der Waals surface area contributed by atoms with Crippen LogP contribution in [0.5, 0.6) is 0 Å². The minimum atomic E-state index is -0.510. The molecule has 0 radical (unpaired) electrons. The Morgan fingerprint density at radius 2 is 2.00 bits per heavy atom.